The third kappa shape index (κ3) is 23.4. The van der Waals surface area contributed by atoms with E-state index < -0.39 is 7.81 Å². The molecule has 0 amide bonds. The quantitative estimate of drug-likeness (QED) is 0.113. The second-order valence-corrected chi connectivity index (χ2v) is 17.9. The molecule has 46 heavy (non-hydrogen) atoms. The average Bonchev–Trinajstić information content (AvgIpc) is 3.65. The van der Waals surface area contributed by atoms with E-state index in [4.69, 9.17) is 5.26 Å². The normalized spacial score (nSPS) is 18.4. The van der Waals surface area contributed by atoms with Crippen LogP contribution in [0.4, 0.5) is 25.2 Å². The van der Waals surface area contributed by atoms with E-state index in [1.807, 2.05) is 24.3 Å². The van der Waals surface area contributed by atoms with Gasteiger partial charge in [-0.15, -0.1) is 0 Å². The zero-order chi connectivity index (χ0) is 32.1. The average molecular weight is 838 g/mol. The second kappa shape index (κ2) is 20.6. The Hall–Kier alpha value is -0.878. The minimum atomic E-state index is -10.7. The molecule has 0 aromatic heterocycles. The number of thioether (sulfide) groups is 1. The Kier molecular flexibility index (Phi) is 21.1. The van der Waals surface area contributed by atoms with Gasteiger partial charge in [-0.05, 0) is 49.2 Å². The van der Waals surface area contributed by atoms with E-state index in [1.165, 1.54) is 51.4 Å². The molecule has 2 aliphatic carbocycles. The molecule has 0 spiro atoms. The molecule has 0 heterocycles. The molecule has 0 radical (unpaired) electrons. The van der Waals surface area contributed by atoms with Crippen LogP contribution in [0.5, 0.6) is 0 Å². The van der Waals surface area contributed by atoms with Gasteiger partial charge in [0.15, 0.2) is 0 Å². The van der Waals surface area contributed by atoms with Crippen LogP contribution < -0.4 is 10.6 Å². The third-order valence-corrected chi connectivity index (χ3v) is 11.2. The number of nitrogens with zero attached hydrogens (tertiary/aromatic N) is 1. The molecule has 1 nitrogen and oxygen atoms in total. The Bertz CT molecular complexity index is 1200. The van der Waals surface area contributed by atoms with Crippen LogP contribution in [0, 0.1) is 18.8 Å². The molecule has 2 saturated carbocycles. The summed E-state index contributed by atoms with van der Waals surface area (Å²) in [5.41, 5.74) is 1.52. The molecule has 0 aliphatic heterocycles. The third-order valence-electron chi connectivity index (χ3n) is 6.48. The summed E-state index contributed by atoms with van der Waals surface area (Å²) >= 11 is 2.21. The second-order valence-electron chi connectivity index (χ2n) is 11.5. The maximum Gasteiger partial charge on any atom is 2.00 e. The largest absolute Gasteiger partial charge is 2.00 e. The van der Waals surface area contributed by atoms with Gasteiger partial charge in [0.2, 0.25) is 0 Å². The molecule has 0 N–H and O–H groups in total. The van der Waals surface area contributed by atoms with Crippen molar-refractivity contribution < 1.29 is 62.7 Å². The summed E-state index contributed by atoms with van der Waals surface area (Å²) in [4.78, 5) is 0. The van der Waals surface area contributed by atoms with Crippen LogP contribution in [0.25, 0.3) is 0 Å². The van der Waals surface area contributed by atoms with Gasteiger partial charge in [0, 0.05) is 10.00 Å². The fourth-order valence-corrected chi connectivity index (χ4v) is 9.91. The Morgan fingerprint density at radius 3 is 1.33 bits per heavy atom. The van der Waals surface area contributed by atoms with Crippen LogP contribution in [0.3, 0.4) is 0 Å². The van der Waals surface area contributed by atoms with E-state index in [0.29, 0.717) is 10.3 Å². The van der Waals surface area contributed by atoms with Crippen molar-refractivity contribution in [2.24, 2.45) is 0 Å². The molecule has 3 aromatic rings. The van der Waals surface area contributed by atoms with E-state index in [2.05, 4.69) is 93.2 Å². The van der Waals surface area contributed by atoms with Gasteiger partial charge in [-0.1, -0.05) is 138 Å². The Balaban J connectivity index is 0. The van der Waals surface area contributed by atoms with Gasteiger partial charge in [0.05, 0.1) is 11.6 Å². The molecule has 12 heteroatoms. The molecule has 2 fully saturated rings. The zero-order valence-corrected chi connectivity index (χ0v) is 31.9. The van der Waals surface area contributed by atoms with Crippen LogP contribution in [-0.4, -0.2) is 15.7 Å². The van der Waals surface area contributed by atoms with Gasteiger partial charge >= 0.3 is 70.5 Å². The SMILES string of the molecule is C1CCCC1.CC(C)(C)SC1CCCC1P(c1ccccc1)c1ccccc1.F[P-](F)(F)(F)(F)F.N#Cc1ccccc1.[CH3-].[Fe+2].[Pd+2]. The standard InChI is InChI=1S/C21H27PS.C7H5N.C5H10.CH3.F6P.Fe.Pd/c1-21(2,3)23-20-16-10-15-19(20)22(17-11-6-4-7-12-17)18-13-8-5-9-14-18;8-6-7-4-2-1-3-5-7;1-2-4-5-3-1;;1-7(2,3,4,5)6;;/h4-9,11-14,19-20H,10,15-16H2,1-3H3;1-5H;1-5H2;1H3;;;/q;;;2*-1;2*+2. The first-order chi connectivity index (χ1) is 19.9. The van der Waals surface area contributed by atoms with Gasteiger partial charge in [0.25, 0.3) is 0 Å². The van der Waals surface area contributed by atoms with E-state index in [0.717, 1.165) is 10.9 Å². The summed E-state index contributed by atoms with van der Waals surface area (Å²) in [6.07, 6.45) is 11.6. The summed E-state index contributed by atoms with van der Waals surface area (Å²) in [5, 5.41) is 12.2. The van der Waals surface area contributed by atoms with E-state index in [-0.39, 0.29) is 52.8 Å². The number of halogens is 6. The van der Waals surface area contributed by atoms with Crippen molar-refractivity contribution in [1.82, 2.24) is 0 Å². The minimum absolute atomic E-state index is 0. The molecular formula is C34H45F6FeNP2PdS+2. The predicted molar refractivity (Wildman–Crippen MR) is 182 cm³/mol. The first-order valence-electron chi connectivity index (χ1n) is 14.5. The molecule has 2 atom stereocenters. The summed E-state index contributed by atoms with van der Waals surface area (Å²) in [6, 6.07) is 33.6. The summed E-state index contributed by atoms with van der Waals surface area (Å²) in [6.45, 7) is 7.08. The zero-order valence-electron chi connectivity index (χ0n) is 26.7. The summed E-state index contributed by atoms with van der Waals surface area (Å²) in [7, 11) is -10.9. The van der Waals surface area contributed by atoms with Crippen LogP contribution in [0.2, 0.25) is 0 Å². The Labute approximate surface area is 302 Å². The molecule has 260 valence electrons. The van der Waals surface area contributed by atoms with Gasteiger partial charge < -0.3 is 7.43 Å². The van der Waals surface area contributed by atoms with Crippen molar-refractivity contribution in [1.29, 1.82) is 5.26 Å². The summed E-state index contributed by atoms with van der Waals surface area (Å²) < 4.78 is 59.5. The van der Waals surface area contributed by atoms with Crippen LogP contribution >= 0.6 is 27.5 Å². The van der Waals surface area contributed by atoms with Crippen molar-refractivity contribution in [2.45, 2.75) is 87.8 Å². The van der Waals surface area contributed by atoms with E-state index in [1.54, 1.807) is 22.7 Å². The fourth-order valence-electron chi connectivity index (χ4n) is 4.90. The first kappa shape index (κ1) is 47.2. The number of benzene rings is 3. The number of nitriles is 1. The van der Waals surface area contributed by atoms with E-state index >= 15 is 0 Å². The van der Waals surface area contributed by atoms with Crippen molar-refractivity contribution >= 4 is 38.1 Å². The first-order valence-corrected chi connectivity index (χ1v) is 18.8. The molecule has 0 saturated heterocycles. The predicted octanol–water partition coefficient (Wildman–Crippen LogP) is 12.9. The molecule has 0 bridgehead atoms. The van der Waals surface area contributed by atoms with Crippen molar-refractivity contribution in [3.8, 4) is 6.07 Å². The number of rotatable bonds is 4. The summed E-state index contributed by atoms with van der Waals surface area (Å²) in [5.74, 6) is 0. The Morgan fingerprint density at radius 2 is 1.02 bits per heavy atom. The number of hydrogen-bond acceptors (Lipinski definition) is 2. The Morgan fingerprint density at radius 1 is 0.674 bits per heavy atom. The maximum atomic E-state index is 9.87. The van der Waals surface area contributed by atoms with Crippen molar-refractivity contribution in [2.75, 3.05) is 0 Å². The number of hydrogen-bond donors (Lipinski definition) is 0. The van der Waals surface area contributed by atoms with Gasteiger partial charge in [-0.25, -0.2) is 0 Å². The molecular weight excluding hydrogens is 793 g/mol. The maximum absolute atomic E-state index is 10.7. The van der Waals surface area contributed by atoms with Gasteiger partial charge in [0.1, 0.15) is 0 Å². The van der Waals surface area contributed by atoms with E-state index in [9.17, 15) is 25.2 Å². The topological polar surface area (TPSA) is 23.8 Å². The molecule has 3 aromatic carbocycles. The van der Waals surface area contributed by atoms with Crippen LogP contribution in [0.15, 0.2) is 91.0 Å². The van der Waals surface area contributed by atoms with Crippen LogP contribution in [-0.2, 0) is 37.5 Å². The van der Waals surface area contributed by atoms with Gasteiger partial charge in [-0.2, -0.15) is 17.0 Å². The molecule has 5 rings (SSSR count). The van der Waals surface area contributed by atoms with Crippen molar-refractivity contribution in [3.63, 3.8) is 0 Å². The van der Waals surface area contributed by atoms with Gasteiger partial charge in [-0.3, -0.25) is 0 Å². The fraction of sp³-hybridized carbons (Fsp3) is 0.412. The van der Waals surface area contributed by atoms with Crippen molar-refractivity contribution in [3.05, 3.63) is 104 Å². The monoisotopic (exact) mass is 837 g/mol. The minimum Gasteiger partial charge on any atom is -0.358 e. The van der Waals surface area contributed by atoms with Crippen LogP contribution in [0.1, 0.15) is 77.7 Å². The smallest absolute Gasteiger partial charge is 0.358 e. The molecule has 2 aliphatic rings. The molecule has 2 unspecified atom stereocenters.